The van der Waals surface area contributed by atoms with E-state index >= 15 is 0 Å². The molecular formula is C19H13BN6S. The Balaban J connectivity index is 1.52. The molecule has 3 N–H and O–H groups in total. The van der Waals surface area contributed by atoms with E-state index in [9.17, 15) is 0 Å². The van der Waals surface area contributed by atoms with Gasteiger partial charge in [-0.3, -0.25) is 5.10 Å². The molecule has 2 radical (unpaired) electrons. The van der Waals surface area contributed by atoms with Crippen LogP contribution in [0.2, 0.25) is 0 Å². The van der Waals surface area contributed by atoms with Crippen molar-refractivity contribution < 1.29 is 0 Å². The molecule has 0 atom stereocenters. The van der Waals surface area contributed by atoms with E-state index in [2.05, 4.69) is 30.8 Å². The van der Waals surface area contributed by atoms with Crippen LogP contribution >= 0.6 is 11.3 Å². The van der Waals surface area contributed by atoms with Crippen LogP contribution in [0.15, 0.2) is 60.1 Å². The van der Waals surface area contributed by atoms with E-state index in [1.54, 1.807) is 17.5 Å². The highest BCUT2D eigenvalue weighted by Crippen LogP contribution is 2.31. The second-order valence-electron chi connectivity index (χ2n) is 6.07. The van der Waals surface area contributed by atoms with E-state index < -0.39 is 0 Å². The molecule has 0 saturated heterocycles. The molecule has 0 amide bonds. The zero-order valence-corrected chi connectivity index (χ0v) is 14.9. The Morgan fingerprint density at radius 3 is 2.67 bits per heavy atom. The zero-order valence-electron chi connectivity index (χ0n) is 14.1. The fourth-order valence-corrected chi connectivity index (χ4v) is 3.63. The summed E-state index contributed by atoms with van der Waals surface area (Å²) >= 11 is 1.61. The standard InChI is InChI=1S/C19H13BN6S/c20-12-1-3-13(4-2-12)23-19-24-16-7-8-27-17(16)18(25-19)22-14-5-6-15-11(9-14)10-21-26-15/h1-10H,(H,21,26)(H2,22,23,24,25). The third-order valence-corrected chi connectivity index (χ3v) is 5.08. The molecule has 0 bridgehead atoms. The van der Waals surface area contributed by atoms with Crippen LogP contribution in [-0.4, -0.2) is 28.0 Å². The lowest BCUT2D eigenvalue weighted by atomic mass is 9.96. The first kappa shape index (κ1) is 15.8. The van der Waals surface area contributed by atoms with Gasteiger partial charge >= 0.3 is 0 Å². The number of anilines is 4. The molecule has 27 heavy (non-hydrogen) atoms. The molecule has 0 aliphatic heterocycles. The minimum Gasteiger partial charge on any atom is -0.339 e. The maximum Gasteiger partial charge on any atom is 0.229 e. The summed E-state index contributed by atoms with van der Waals surface area (Å²) in [4.78, 5) is 9.28. The van der Waals surface area contributed by atoms with Gasteiger partial charge in [-0.05, 0) is 41.8 Å². The first-order chi connectivity index (χ1) is 13.2. The van der Waals surface area contributed by atoms with Crippen LogP contribution in [-0.2, 0) is 0 Å². The monoisotopic (exact) mass is 368 g/mol. The minimum atomic E-state index is 0.526. The summed E-state index contributed by atoms with van der Waals surface area (Å²) in [5, 5.41) is 16.7. The lowest BCUT2D eigenvalue weighted by Crippen LogP contribution is -2.03. The zero-order chi connectivity index (χ0) is 18.2. The van der Waals surface area contributed by atoms with Crippen LogP contribution in [0.25, 0.3) is 21.1 Å². The van der Waals surface area contributed by atoms with Gasteiger partial charge in [0.2, 0.25) is 5.95 Å². The van der Waals surface area contributed by atoms with Crippen LogP contribution in [0.5, 0.6) is 0 Å². The van der Waals surface area contributed by atoms with Gasteiger partial charge in [0.1, 0.15) is 7.85 Å². The number of aromatic amines is 1. The van der Waals surface area contributed by atoms with Gasteiger partial charge in [-0.25, -0.2) is 4.98 Å². The SMILES string of the molecule is [B]c1ccc(Nc2nc(Nc3ccc4[nH]ncc4c3)c3sccc3n2)cc1. The van der Waals surface area contributed by atoms with Crippen molar-refractivity contribution in [3.8, 4) is 0 Å². The lowest BCUT2D eigenvalue weighted by Gasteiger charge is -2.10. The highest BCUT2D eigenvalue weighted by atomic mass is 32.1. The topological polar surface area (TPSA) is 78.5 Å². The average Bonchev–Trinajstić information content (AvgIpc) is 3.32. The van der Waals surface area contributed by atoms with E-state index in [1.165, 1.54) is 0 Å². The van der Waals surface area contributed by atoms with Gasteiger partial charge in [-0.15, -0.1) is 11.3 Å². The number of benzene rings is 2. The summed E-state index contributed by atoms with van der Waals surface area (Å²) in [6, 6.07) is 15.5. The van der Waals surface area contributed by atoms with Crippen LogP contribution in [0.1, 0.15) is 0 Å². The molecule has 5 rings (SSSR count). The highest BCUT2D eigenvalue weighted by molar-refractivity contribution is 7.17. The van der Waals surface area contributed by atoms with Gasteiger partial charge in [-0.2, -0.15) is 10.1 Å². The molecule has 0 aliphatic rings. The molecule has 6 nitrogen and oxygen atoms in total. The predicted molar refractivity (Wildman–Crippen MR) is 112 cm³/mol. The van der Waals surface area contributed by atoms with Crippen molar-refractivity contribution in [2.24, 2.45) is 0 Å². The number of nitrogens with zero attached hydrogens (tertiary/aromatic N) is 3. The Kier molecular flexibility index (Phi) is 3.76. The molecule has 5 aromatic rings. The molecule has 0 fully saturated rings. The Labute approximate surface area is 160 Å². The normalized spacial score (nSPS) is 11.1. The molecule has 3 aromatic heterocycles. The molecule has 0 spiro atoms. The second-order valence-corrected chi connectivity index (χ2v) is 6.99. The first-order valence-electron chi connectivity index (χ1n) is 8.32. The maximum atomic E-state index is 5.75. The van der Waals surface area contributed by atoms with E-state index in [0.717, 1.165) is 38.3 Å². The molecule has 3 heterocycles. The highest BCUT2D eigenvalue weighted by Gasteiger charge is 2.10. The number of nitrogens with one attached hydrogen (secondary N) is 3. The molecule has 128 valence electrons. The Bertz CT molecular complexity index is 1240. The second kappa shape index (κ2) is 6.41. The number of rotatable bonds is 4. The Hall–Kier alpha value is -3.39. The molecule has 0 saturated carbocycles. The van der Waals surface area contributed by atoms with Crippen LogP contribution in [0.4, 0.5) is 23.1 Å². The maximum absolute atomic E-state index is 5.75. The van der Waals surface area contributed by atoms with Crippen LogP contribution in [0, 0.1) is 0 Å². The fraction of sp³-hybridized carbons (Fsp3) is 0. The average molecular weight is 368 g/mol. The third kappa shape index (κ3) is 3.11. The summed E-state index contributed by atoms with van der Waals surface area (Å²) in [5.74, 6) is 1.29. The molecule has 0 aliphatic carbocycles. The van der Waals surface area contributed by atoms with Crippen molar-refractivity contribution in [1.29, 1.82) is 0 Å². The smallest absolute Gasteiger partial charge is 0.229 e. The Morgan fingerprint density at radius 1 is 0.926 bits per heavy atom. The van der Waals surface area contributed by atoms with Gasteiger partial charge < -0.3 is 10.6 Å². The predicted octanol–water partition coefficient (Wildman–Crippen LogP) is 3.85. The summed E-state index contributed by atoms with van der Waals surface area (Å²) in [5.41, 5.74) is 4.42. The van der Waals surface area contributed by atoms with Crippen molar-refractivity contribution in [2.75, 3.05) is 10.6 Å². The van der Waals surface area contributed by atoms with Crippen LogP contribution in [0.3, 0.4) is 0 Å². The first-order valence-corrected chi connectivity index (χ1v) is 9.20. The van der Waals surface area contributed by atoms with Crippen molar-refractivity contribution >= 4 is 68.9 Å². The van der Waals surface area contributed by atoms with E-state index in [4.69, 9.17) is 7.85 Å². The fourth-order valence-electron chi connectivity index (χ4n) is 2.86. The van der Waals surface area contributed by atoms with Crippen LogP contribution < -0.4 is 16.1 Å². The minimum absolute atomic E-state index is 0.526. The van der Waals surface area contributed by atoms with Crippen molar-refractivity contribution in [1.82, 2.24) is 20.2 Å². The van der Waals surface area contributed by atoms with Gasteiger partial charge in [0, 0.05) is 16.8 Å². The molecule has 0 unspecified atom stereocenters. The Morgan fingerprint density at radius 2 is 1.78 bits per heavy atom. The third-order valence-electron chi connectivity index (χ3n) is 4.17. The van der Waals surface area contributed by atoms with E-state index in [0.29, 0.717) is 11.4 Å². The number of hydrogen-bond acceptors (Lipinski definition) is 6. The van der Waals surface area contributed by atoms with Gasteiger partial charge in [0.05, 0.1) is 21.9 Å². The quantitative estimate of drug-likeness (QED) is 0.420. The summed E-state index contributed by atoms with van der Waals surface area (Å²) in [7, 11) is 5.75. The van der Waals surface area contributed by atoms with Crippen molar-refractivity contribution in [2.45, 2.75) is 0 Å². The van der Waals surface area contributed by atoms with Gasteiger partial charge in [0.15, 0.2) is 5.82 Å². The molecule has 8 heteroatoms. The summed E-state index contributed by atoms with van der Waals surface area (Å²) in [6.45, 7) is 0. The summed E-state index contributed by atoms with van der Waals surface area (Å²) in [6.07, 6.45) is 1.80. The van der Waals surface area contributed by atoms with Crippen molar-refractivity contribution in [3.05, 3.63) is 60.1 Å². The number of aromatic nitrogens is 4. The number of thiophene rings is 1. The van der Waals surface area contributed by atoms with Gasteiger partial charge in [0.25, 0.3) is 0 Å². The van der Waals surface area contributed by atoms with E-state index in [1.807, 2.05) is 53.9 Å². The largest absolute Gasteiger partial charge is 0.339 e. The van der Waals surface area contributed by atoms with E-state index in [-0.39, 0.29) is 0 Å². The molecular weight excluding hydrogens is 355 g/mol. The number of hydrogen-bond donors (Lipinski definition) is 3. The summed E-state index contributed by atoms with van der Waals surface area (Å²) < 4.78 is 1.00. The lowest BCUT2D eigenvalue weighted by molar-refractivity contribution is 1.12. The molecule has 2 aromatic carbocycles. The number of H-pyrrole nitrogens is 1. The van der Waals surface area contributed by atoms with Gasteiger partial charge in [-0.1, -0.05) is 17.6 Å². The number of fused-ring (bicyclic) bond motifs is 2. The van der Waals surface area contributed by atoms with Crippen molar-refractivity contribution in [3.63, 3.8) is 0 Å².